The van der Waals surface area contributed by atoms with E-state index in [9.17, 15) is 4.79 Å². The Morgan fingerprint density at radius 3 is 2.18 bits per heavy atom. The van der Waals surface area contributed by atoms with Crippen LogP contribution in [0.2, 0.25) is 0 Å². The van der Waals surface area contributed by atoms with Gasteiger partial charge in [0.2, 0.25) is 0 Å². The molecule has 0 unspecified atom stereocenters. The Hall–Kier alpha value is -0.340. The predicted octanol–water partition coefficient (Wildman–Crippen LogP) is -3.33. The van der Waals surface area contributed by atoms with Crippen LogP contribution in [0.1, 0.15) is 13.3 Å². The van der Waals surface area contributed by atoms with Crippen molar-refractivity contribution in [2.75, 3.05) is 20.6 Å². The third-order valence-corrected chi connectivity index (χ3v) is 1.33. The van der Waals surface area contributed by atoms with E-state index in [1.165, 1.54) is 4.90 Å². The molecular weight excluding hydrogens is 162 g/mol. The molecule has 0 fully saturated rings. The molecule has 0 saturated carbocycles. The lowest BCUT2D eigenvalue weighted by Crippen LogP contribution is -3.05. The standard InChI is InChI=1S/C8H15NO.ClH/c1-7(2)8(10)5-6-9(3)4;/h1,5-6H2,2-4H3;1H. The third-order valence-electron chi connectivity index (χ3n) is 1.33. The monoisotopic (exact) mass is 177 g/mol. The molecule has 0 atom stereocenters. The van der Waals surface area contributed by atoms with Crippen molar-refractivity contribution in [2.45, 2.75) is 13.3 Å². The van der Waals surface area contributed by atoms with Crippen molar-refractivity contribution in [3.05, 3.63) is 12.2 Å². The number of allylic oxidation sites excluding steroid dienone is 1. The summed E-state index contributed by atoms with van der Waals surface area (Å²) in [6.07, 6.45) is 0.623. The highest BCUT2D eigenvalue weighted by Gasteiger charge is 2.03. The van der Waals surface area contributed by atoms with E-state index >= 15 is 0 Å². The van der Waals surface area contributed by atoms with Gasteiger partial charge in [-0.05, 0) is 12.5 Å². The van der Waals surface area contributed by atoms with Crippen molar-refractivity contribution in [2.24, 2.45) is 0 Å². The number of rotatable bonds is 4. The Bertz CT molecular complexity index is 143. The minimum absolute atomic E-state index is 0. The molecular formula is C8H16ClNO. The molecule has 0 aliphatic carbocycles. The van der Waals surface area contributed by atoms with Crippen molar-refractivity contribution in [3.63, 3.8) is 0 Å². The molecule has 0 heterocycles. The van der Waals surface area contributed by atoms with Crippen LogP contribution in [-0.4, -0.2) is 26.4 Å². The van der Waals surface area contributed by atoms with Crippen molar-refractivity contribution in [3.8, 4) is 0 Å². The first kappa shape index (κ1) is 13.3. The van der Waals surface area contributed by atoms with Gasteiger partial charge in [0.1, 0.15) is 0 Å². The van der Waals surface area contributed by atoms with E-state index in [0.29, 0.717) is 12.0 Å². The second-order valence-corrected chi connectivity index (χ2v) is 2.91. The highest BCUT2D eigenvalue weighted by Crippen LogP contribution is 1.91. The molecule has 0 saturated heterocycles. The van der Waals surface area contributed by atoms with E-state index in [4.69, 9.17) is 0 Å². The van der Waals surface area contributed by atoms with Gasteiger partial charge in [-0.15, -0.1) is 0 Å². The van der Waals surface area contributed by atoms with Crippen molar-refractivity contribution < 1.29 is 22.1 Å². The van der Waals surface area contributed by atoms with Gasteiger partial charge in [-0.25, -0.2) is 0 Å². The molecule has 0 spiro atoms. The number of nitrogens with one attached hydrogen (secondary N) is 1. The van der Waals surface area contributed by atoms with Crippen LogP contribution in [0.25, 0.3) is 0 Å². The number of Topliss-reactive ketones (excluding diaryl/α,β-unsaturated/α-hetero) is 1. The van der Waals surface area contributed by atoms with Crippen LogP contribution in [0.3, 0.4) is 0 Å². The SMILES string of the molecule is C=C(C)C(=O)CC[NH+](C)C.[Cl-]. The summed E-state index contributed by atoms with van der Waals surface area (Å²) in [6.45, 7) is 6.23. The molecule has 0 aliphatic heterocycles. The van der Waals surface area contributed by atoms with E-state index < -0.39 is 0 Å². The largest absolute Gasteiger partial charge is 1.00 e. The van der Waals surface area contributed by atoms with Crippen LogP contribution >= 0.6 is 0 Å². The smallest absolute Gasteiger partial charge is 0.163 e. The van der Waals surface area contributed by atoms with Crippen molar-refractivity contribution in [1.82, 2.24) is 0 Å². The topological polar surface area (TPSA) is 21.5 Å². The fraction of sp³-hybridized carbons (Fsp3) is 0.625. The lowest BCUT2D eigenvalue weighted by Gasteiger charge is -2.04. The number of quaternary nitrogens is 1. The number of ketones is 1. The molecule has 0 amide bonds. The minimum Gasteiger partial charge on any atom is -1.00 e. The lowest BCUT2D eigenvalue weighted by molar-refractivity contribution is -0.857. The second-order valence-electron chi connectivity index (χ2n) is 2.91. The van der Waals surface area contributed by atoms with Gasteiger partial charge in [0.05, 0.1) is 27.1 Å². The highest BCUT2D eigenvalue weighted by atomic mass is 35.5. The minimum atomic E-state index is 0. The Morgan fingerprint density at radius 1 is 1.45 bits per heavy atom. The molecule has 0 rings (SSSR count). The number of hydrogen-bond acceptors (Lipinski definition) is 1. The van der Waals surface area contributed by atoms with Gasteiger partial charge in [0.25, 0.3) is 0 Å². The predicted molar refractivity (Wildman–Crippen MR) is 42.1 cm³/mol. The number of carbonyl (C=O) groups excluding carboxylic acids is 1. The highest BCUT2D eigenvalue weighted by molar-refractivity contribution is 5.94. The van der Waals surface area contributed by atoms with Crippen molar-refractivity contribution >= 4 is 5.78 Å². The fourth-order valence-corrected chi connectivity index (χ4v) is 0.577. The first-order chi connectivity index (χ1) is 4.54. The summed E-state index contributed by atoms with van der Waals surface area (Å²) in [5.74, 6) is 0.182. The summed E-state index contributed by atoms with van der Waals surface area (Å²) < 4.78 is 0. The van der Waals surface area contributed by atoms with E-state index in [-0.39, 0.29) is 18.2 Å². The fourth-order valence-electron chi connectivity index (χ4n) is 0.577. The zero-order valence-electron chi connectivity index (χ0n) is 7.41. The normalized spacial score (nSPS) is 9.09. The summed E-state index contributed by atoms with van der Waals surface area (Å²) in [6, 6.07) is 0. The van der Waals surface area contributed by atoms with Gasteiger partial charge in [-0.3, -0.25) is 4.79 Å². The Balaban J connectivity index is 0. The Kier molecular flexibility index (Phi) is 7.69. The van der Waals surface area contributed by atoms with Gasteiger partial charge < -0.3 is 17.3 Å². The molecule has 0 radical (unpaired) electrons. The Labute approximate surface area is 74.7 Å². The molecule has 2 nitrogen and oxygen atoms in total. The van der Waals surface area contributed by atoms with Gasteiger partial charge in [0.15, 0.2) is 5.78 Å². The van der Waals surface area contributed by atoms with Crippen LogP contribution in [0.4, 0.5) is 0 Å². The zero-order valence-corrected chi connectivity index (χ0v) is 8.16. The molecule has 0 aromatic heterocycles. The van der Waals surface area contributed by atoms with Gasteiger partial charge in [-0.2, -0.15) is 0 Å². The third kappa shape index (κ3) is 7.56. The van der Waals surface area contributed by atoms with E-state index in [1.807, 2.05) is 14.1 Å². The molecule has 0 bridgehead atoms. The number of halogens is 1. The average molecular weight is 178 g/mol. The maximum Gasteiger partial charge on any atom is 0.163 e. The van der Waals surface area contributed by atoms with Crippen molar-refractivity contribution in [1.29, 1.82) is 0 Å². The molecule has 0 aromatic carbocycles. The summed E-state index contributed by atoms with van der Waals surface area (Å²) in [5, 5.41) is 0. The summed E-state index contributed by atoms with van der Waals surface area (Å²) >= 11 is 0. The van der Waals surface area contributed by atoms with Crippen LogP contribution in [0, 0.1) is 0 Å². The van der Waals surface area contributed by atoms with Crippen LogP contribution in [0.5, 0.6) is 0 Å². The van der Waals surface area contributed by atoms with Gasteiger partial charge in [0, 0.05) is 0 Å². The quantitative estimate of drug-likeness (QED) is 0.446. The molecule has 11 heavy (non-hydrogen) atoms. The van der Waals surface area contributed by atoms with E-state index in [2.05, 4.69) is 6.58 Å². The first-order valence-corrected chi connectivity index (χ1v) is 3.51. The van der Waals surface area contributed by atoms with E-state index in [0.717, 1.165) is 6.54 Å². The maximum atomic E-state index is 10.9. The summed E-state index contributed by atoms with van der Waals surface area (Å²) in [4.78, 5) is 12.2. The molecule has 1 N–H and O–H groups in total. The maximum absolute atomic E-state index is 10.9. The summed E-state index contributed by atoms with van der Waals surface area (Å²) in [7, 11) is 4.07. The van der Waals surface area contributed by atoms with E-state index in [1.54, 1.807) is 6.92 Å². The second kappa shape index (κ2) is 6.38. The molecule has 66 valence electrons. The Morgan fingerprint density at radius 2 is 1.91 bits per heavy atom. The van der Waals surface area contributed by atoms with Gasteiger partial charge >= 0.3 is 0 Å². The summed E-state index contributed by atoms with van der Waals surface area (Å²) in [5.41, 5.74) is 0.668. The number of hydrogen-bond donors (Lipinski definition) is 1. The average Bonchev–Trinajstić information content (AvgIpc) is 1.82. The van der Waals surface area contributed by atoms with Crippen LogP contribution in [0.15, 0.2) is 12.2 Å². The molecule has 0 aromatic rings. The lowest BCUT2D eigenvalue weighted by atomic mass is 10.1. The zero-order chi connectivity index (χ0) is 8.15. The molecule has 3 heteroatoms. The first-order valence-electron chi connectivity index (χ1n) is 3.51. The van der Waals surface area contributed by atoms with Gasteiger partial charge in [-0.1, -0.05) is 6.58 Å². The van der Waals surface area contributed by atoms with Crippen LogP contribution in [-0.2, 0) is 4.79 Å². The van der Waals surface area contributed by atoms with Crippen LogP contribution < -0.4 is 17.3 Å². The number of carbonyl (C=O) groups is 1. The molecule has 0 aliphatic rings.